The number of benzene rings is 2. The standard InChI is InChI=1S/C21H20FN3O3/c1-2-14-7-9-16(10-8-14)25-12-15(11-20(25)26)21-23-19(24-28-21)13-27-18-6-4-3-5-17(18)22/h3-10,15H,2,11-13H2,1H3. The van der Waals surface area contributed by atoms with E-state index in [0.29, 0.717) is 24.7 Å². The highest BCUT2D eigenvalue weighted by Crippen LogP contribution is 2.31. The average molecular weight is 381 g/mol. The molecule has 1 aliphatic heterocycles. The van der Waals surface area contributed by atoms with Crippen LogP contribution < -0.4 is 9.64 Å². The normalized spacial score (nSPS) is 16.6. The first-order valence-electron chi connectivity index (χ1n) is 9.23. The molecular formula is C21H20FN3O3. The van der Waals surface area contributed by atoms with Gasteiger partial charge in [0.2, 0.25) is 17.6 Å². The van der Waals surface area contributed by atoms with Crippen molar-refractivity contribution >= 4 is 11.6 Å². The van der Waals surface area contributed by atoms with Crippen LogP contribution in [-0.2, 0) is 17.8 Å². The molecule has 1 amide bonds. The molecule has 2 heterocycles. The molecule has 0 radical (unpaired) electrons. The second-order valence-electron chi connectivity index (χ2n) is 6.69. The Kier molecular flexibility index (Phi) is 5.06. The Morgan fingerprint density at radius 1 is 1.21 bits per heavy atom. The first-order valence-corrected chi connectivity index (χ1v) is 9.23. The summed E-state index contributed by atoms with van der Waals surface area (Å²) in [5.41, 5.74) is 2.09. The number of halogens is 1. The Hall–Kier alpha value is -3.22. The van der Waals surface area contributed by atoms with Crippen LogP contribution in [0, 0.1) is 5.82 Å². The maximum Gasteiger partial charge on any atom is 0.232 e. The second-order valence-corrected chi connectivity index (χ2v) is 6.69. The number of nitrogens with zero attached hydrogens (tertiary/aromatic N) is 3. The molecule has 0 saturated carbocycles. The van der Waals surface area contributed by atoms with Gasteiger partial charge >= 0.3 is 0 Å². The summed E-state index contributed by atoms with van der Waals surface area (Å²) >= 11 is 0. The number of rotatable bonds is 6. The number of ether oxygens (including phenoxy) is 1. The summed E-state index contributed by atoms with van der Waals surface area (Å²) in [4.78, 5) is 18.5. The fourth-order valence-electron chi connectivity index (χ4n) is 3.23. The maximum absolute atomic E-state index is 13.6. The Morgan fingerprint density at radius 3 is 2.75 bits per heavy atom. The zero-order valence-electron chi connectivity index (χ0n) is 15.5. The quantitative estimate of drug-likeness (QED) is 0.648. The highest BCUT2D eigenvalue weighted by Gasteiger charge is 2.35. The highest BCUT2D eigenvalue weighted by molar-refractivity contribution is 5.96. The number of aryl methyl sites for hydroxylation is 1. The molecular weight excluding hydrogens is 361 g/mol. The fourth-order valence-corrected chi connectivity index (χ4v) is 3.23. The molecule has 1 saturated heterocycles. The number of hydrogen-bond acceptors (Lipinski definition) is 5. The molecule has 7 heteroatoms. The molecule has 3 aromatic rings. The zero-order chi connectivity index (χ0) is 19.5. The minimum Gasteiger partial charge on any atom is -0.482 e. The molecule has 4 rings (SSSR count). The van der Waals surface area contributed by atoms with E-state index in [4.69, 9.17) is 9.26 Å². The van der Waals surface area contributed by atoms with Gasteiger partial charge in [-0.05, 0) is 36.2 Å². The summed E-state index contributed by atoms with van der Waals surface area (Å²) < 4.78 is 24.3. The Balaban J connectivity index is 1.41. The van der Waals surface area contributed by atoms with Gasteiger partial charge in [-0.3, -0.25) is 4.79 Å². The SMILES string of the molecule is CCc1ccc(N2CC(c3nc(COc4ccccc4F)no3)CC2=O)cc1. The van der Waals surface area contributed by atoms with Gasteiger partial charge in [-0.25, -0.2) is 4.39 Å². The van der Waals surface area contributed by atoms with Crippen LogP contribution in [0.1, 0.15) is 36.5 Å². The largest absolute Gasteiger partial charge is 0.482 e. The lowest BCUT2D eigenvalue weighted by molar-refractivity contribution is -0.117. The third-order valence-electron chi connectivity index (χ3n) is 4.81. The Labute approximate surface area is 161 Å². The lowest BCUT2D eigenvalue weighted by Crippen LogP contribution is -2.24. The van der Waals surface area contributed by atoms with Crippen molar-refractivity contribution in [3.05, 3.63) is 71.6 Å². The third-order valence-corrected chi connectivity index (χ3v) is 4.81. The lowest BCUT2D eigenvalue weighted by Gasteiger charge is -2.16. The van der Waals surface area contributed by atoms with Gasteiger partial charge in [0.1, 0.15) is 0 Å². The minimum atomic E-state index is -0.447. The van der Waals surface area contributed by atoms with Crippen LogP contribution in [0.4, 0.5) is 10.1 Å². The van der Waals surface area contributed by atoms with Gasteiger partial charge in [0.05, 0.1) is 5.92 Å². The van der Waals surface area contributed by atoms with Crippen molar-refractivity contribution in [2.24, 2.45) is 0 Å². The van der Waals surface area contributed by atoms with E-state index in [2.05, 4.69) is 17.1 Å². The van der Waals surface area contributed by atoms with E-state index in [1.54, 1.807) is 17.0 Å². The van der Waals surface area contributed by atoms with Gasteiger partial charge in [0, 0.05) is 18.7 Å². The summed E-state index contributed by atoms with van der Waals surface area (Å²) in [5, 5.41) is 3.89. The van der Waals surface area contributed by atoms with E-state index < -0.39 is 5.82 Å². The predicted octanol–water partition coefficient (Wildman–Crippen LogP) is 3.87. The molecule has 1 aliphatic rings. The van der Waals surface area contributed by atoms with Crippen molar-refractivity contribution in [1.29, 1.82) is 0 Å². The van der Waals surface area contributed by atoms with Crippen LogP contribution in [-0.4, -0.2) is 22.6 Å². The van der Waals surface area contributed by atoms with Gasteiger partial charge < -0.3 is 14.2 Å². The number of para-hydroxylation sites is 1. The molecule has 0 N–H and O–H groups in total. The van der Waals surface area contributed by atoms with Crippen LogP contribution in [0.2, 0.25) is 0 Å². The topological polar surface area (TPSA) is 68.5 Å². The number of carbonyl (C=O) groups excluding carboxylic acids is 1. The van der Waals surface area contributed by atoms with E-state index in [9.17, 15) is 9.18 Å². The van der Waals surface area contributed by atoms with Gasteiger partial charge in [-0.2, -0.15) is 4.98 Å². The van der Waals surface area contributed by atoms with E-state index in [0.717, 1.165) is 12.1 Å². The van der Waals surface area contributed by atoms with Gasteiger partial charge in [-0.15, -0.1) is 0 Å². The van der Waals surface area contributed by atoms with Crippen LogP contribution in [0.3, 0.4) is 0 Å². The number of amides is 1. The second kappa shape index (κ2) is 7.80. The summed E-state index contributed by atoms with van der Waals surface area (Å²) in [6.45, 7) is 2.57. The van der Waals surface area contributed by atoms with E-state index >= 15 is 0 Å². The van der Waals surface area contributed by atoms with Gasteiger partial charge in [0.25, 0.3) is 0 Å². The van der Waals surface area contributed by atoms with Crippen molar-refractivity contribution < 1.29 is 18.4 Å². The van der Waals surface area contributed by atoms with E-state index in [-0.39, 0.29) is 24.2 Å². The first-order chi connectivity index (χ1) is 13.6. The number of carbonyl (C=O) groups is 1. The van der Waals surface area contributed by atoms with Crippen LogP contribution in [0.25, 0.3) is 0 Å². The van der Waals surface area contributed by atoms with Crippen molar-refractivity contribution in [2.45, 2.75) is 32.3 Å². The molecule has 1 unspecified atom stereocenters. The zero-order valence-corrected chi connectivity index (χ0v) is 15.5. The van der Waals surface area contributed by atoms with Crippen molar-refractivity contribution in [1.82, 2.24) is 10.1 Å². The van der Waals surface area contributed by atoms with Crippen molar-refractivity contribution in [3.8, 4) is 5.75 Å². The average Bonchev–Trinajstić information content (AvgIpc) is 3.34. The number of hydrogen-bond donors (Lipinski definition) is 0. The van der Waals surface area contributed by atoms with E-state index in [1.165, 1.54) is 17.7 Å². The summed E-state index contributed by atoms with van der Waals surface area (Å²) in [6, 6.07) is 14.1. The third kappa shape index (κ3) is 3.74. The molecule has 1 fully saturated rings. The minimum absolute atomic E-state index is 0.00665. The molecule has 0 aliphatic carbocycles. The summed E-state index contributed by atoms with van der Waals surface area (Å²) in [5.74, 6) is 0.248. The number of anilines is 1. The summed E-state index contributed by atoms with van der Waals surface area (Å²) in [6.07, 6.45) is 1.27. The smallest absolute Gasteiger partial charge is 0.232 e. The Morgan fingerprint density at radius 2 is 2.00 bits per heavy atom. The van der Waals surface area contributed by atoms with Crippen molar-refractivity contribution in [3.63, 3.8) is 0 Å². The van der Waals surface area contributed by atoms with E-state index in [1.807, 2.05) is 24.3 Å². The predicted molar refractivity (Wildman–Crippen MR) is 101 cm³/mol. The monoisotopic (exact) mass is 381 g/mol. The van der Waals surface area contributed by atoms with Crippen molar-refractivity contribution in [2.75, 3.05) is 11.4 Å². The molecule has 0 spiro atoms. The maximum atomic E-state index is 13.6. The molecule has 2 aromatic carbocycles. The summed E-state index contributed by atoms with van der Waals surface area (Å²) in [7, 11) is 0. The molecule has 1 aromatic heterocycles. The first kappa shape index (κ1) is 18.2. The lowest BCUT2D eigenvalue weighted by atomic mass is 10.1. The molecule has 1 atom stereocenters. The molecule has 28 heavy (non-hydrogen) atoms. The highest BCUT2D eigenvalue weighted by atomic mass is 19.1. The molecule has 6 nitrogen and oxygen atoms in total. The molecule has 144 valence electrons. The Bertz CT molecular complexity index is 971. The van der Waals surface area contributed by atoms with Crippen LogP contribution >= 0.6 is 0 Å². The van der Waals surface area contributed by atoms with Gasteiger partial charge in [0.15, 0.2) is 18.2 Å². The fraction of sp³-hybridized carbons (Fsp3) is 0.286. The van der Waals surface area contributed by atoms with Gasteiger partial charge in [-0.1, -0.05) is 36.3 Å². The van der Waals surface area contributed by atoms with Crippen LogP contribution in [0.5, 0.6) is 5.75 Å². The van der Waals surface area contributed by atoms with Crippen LogP contribution in [0.15, 0.2) is 53.1 Å². The number of aromatic nitrogens is 2. The molecule has 0 bridgehead atoms.